The van der Waals surface area contributed by atoms with Gasteiger partial charge in [0.05, 0.1) is 0 Å². The van der Waals surface area contributed by atoms with Crippen LogP contribution in [-0.2, 0) is 0 Å². The minimum Gasteiger partial charge on any atom is -0.172 e. The van der Waals surface area contributed by atoms with Crippen molar-refractivity contribution in [3.63, 3.8) is 0 Å². The Morgan fingerprint density at radius 3 is 1.71 bits per heavy atom. The largest absolute Gasteiger partial charge is 0.172 e. The molecule has 0 heterocycles. The first-order chi connectivity index (χ1) is 6.11. The molecule has 0 radical (unpaired) electrons. The van der Waals surface area contributed by atoms with Crippen molar-refractivity contribution < 1.29 is 0 Å². The van der Waals surface area contributed by atoms with Gasteiger partial charge in [-0.3, -0.25) is 0 Å². The quantitative estimate of drug-likeness (QED) is 0.642. The third kappa shape index (κ3) is 4.25. The molecule has 3 atom stereocenters. The van der Waals surface area contributed by atoms with Gasteiger partial charge in [0.25, 0.3) is 0 Å². The van der Waals surface area contributed by atoms with Crippen molar-refractivity contribution in [2.75, 3.05) is 0 Å². The predicted octanol–water partition coefficient (Wildman–Crippen LogP) is 4.79. The smallest absolute Gasteiger partial charge is 0.0152 e. The van der Waals surface area contributed by atoms with Crippen LogP contribution >= 0.6 is 12.6 Å². The van der Waals surface area contributed by atoms with Crippen molar-refractivity contribution in [2.24, 2.45) is 17.3 Å². The Morgan fingerprint density at radius 2 is 1.43 bits per heavy atom. The van der Waals surface area contributed by atoms with E-state index >= 15 is 0 Å². The average molecular weight is 216 g/mol. The summed E-state index contributed by atoms with van der Waals surface area (Å²) >= 11 is 4.87. The lowest BCUT2D eigenvalue weighted by molar-refractivity contribution is 0.228. The molecule has 3 unspecified atom stereocenters. The lowest BCUT2D eigenvalue weighted by Gasteiger charge is -2.39. The fourth-order valence-corrected chi connectivity index (χ4v) is 2.30. The highest BCUT2D eigenvalue weighted by atomic mass is 32.1. The summed E-state index contributed by atoms with van der Waals surface area (Å²) in [7, 11) is 0. The van der Waals surface area contributed by atoms with E-state index in [1.807, 2.05) is 0 Å². The fraction of sp³-hybridized carbons (Fsp3) is 1.00. The maximum Gasteiger partial charge on any atom is 0.0152 e. The van der Waals surface area contributed by atoms with E-state index in [9.17, 15) is 0 Å². The number of hydrogen-bond donors (Lipinski definition) is 1. The topological polar surface area (TPSA) is 0 Å². The molecule has 0 amide bonds. The lowest BCUT2D eigenvalue weighted by Crippen LogP contribution is -2.36. The van der Waals surface area contributed by atoms with Gasteiger partial charge in [-0.25, -0.2) is 0 Å². The summed E-state index contributed by atoms with van der Waals surface area (Å²) in [5, 5.41) is 0. The van der Waals surface area contributed by atoms with Crippen LogP contribution in [0.2, 0.25) is 0 Å². The summed E-state index contributed by atoms with van der Waals surface area (Å²) in [6, 6.07) is 0. The van der Waals surface area contributed by atoms with Gasteiger partial charge < -0.3 is 0 Å². The minimum absolute atomic E-state index is 0.169. The van der Waals surface area contributed by atoms with Gasteiger partial charge in [-0.1, -0.05) is 54.9 Å². The zero-order valence-corrected chi connectivity index (χ0v) is 11.9. The minimum atomic E-state index is 0.169. The summed E-state index contributed by atoms with van der Waals surface area (Å²) in [6.07, 6.45) is 2.46. The van der Waals surface area contributed by atoms with Gasteiger partial charge in [0.15, 0.2) is 0 Å². The summed E-state index contributed by atoms with van der Waals surface area (Å²) in [4.78, 5) is 0. The Bertz CT molecular complexity index is 165. The van der Waals surface area contributed by atoms with Crippen molar-refractivity contribution >= 4 is 12.6 Å². The number of thiol groups is 1. The molecule has 0 aliphatic rings. The molecule has 0 saturated carbocycles. The van der Waals surface area contributed by atoms with Crippen LogP contribution < -0.4 is 0 Å². The SMILES string of the molecule is CCC(C)C(C)(S)C(C)CC(C)(C)C. The first-order valence-electron chi connectivity index (χ1n) is 5.83. The van der Waals surface area contributed by atoms with Gasteiger partial charge in [-0.05, 0) is 23.7 Å². The normalized spacial score (nSPS) is 21.4. The lowest BCUT2D eigenvalue weighted by atomic mass is 9.74. The molecule has 0 nitrogen and oxygen atoms in total. The Kier molecular flexibility index (Phi) is 5.04. The molecular weight excluding hydrogens is 188 g/mol. The zero-order valence-electron chi connectivity index (χ0n) is 11.0. The van der Waals surface area contributed by atoms with Crippen LogP contribution in [0.15, 0.2) is 0 Å². The molecule has 0 aliphatic heterocycles. The van der Waals surface area contributed by atoms with Gasteiger partial charge in [0, 0.05) is 4.75 Å². The molecule has 0 saturated heterocycles. The third-order valence-corrected chi connectivity index (χ3v) is 4.41. The van der Waals surface area contributed by atoms with Crippen LogP contribution in [0.25, 0.3) is 0 Å². The summed E-state index contributed by atoms with van der Waals surface area (Å²) in [6.45, 7) is 16.1. The molecule has 0 fully saturated rings. The summed E-state index contributed by atoms with van der Waals surface area (Å²) in [5.41, 5.74) is 0.414. The molecule has 0 aromatic carbocycles. The molecule has 1 heteroatoms. The van der Waals surface area contributed by atoms with E-state index in [1.54, 1.807) is 0 Å². The van der Waals surface area contributed by atoms with Crippen molar-refractivity contribution in [2.45, 2.75) is 66.1 Å². The van der Waals surface area contributed by atoms with E-state index in [0.717, 1.165) is 0 Å². The second-order valence-corrected chi connectivity index (χ2v) is 7.16. The first-order valence-corrected chi connectivity index (χ1v) is 6.28. The fourth-order valence-electron chi connectivity index (χ4n) is 2.02. The van der Waals surface area contributed by atoms with Gasteiger partial charge in [0.2, 0.25) is 0 Å². The molecule has 0 spiro atoms. The molecule has 0 bridgehead atoms. The van der Waals surface area contributed by atoms with Crippen LogP contribution in [0.5, 0.6) is 0 Å². The number of hydrogen-bond acceptors (Lipinski definition) is 1. The average Bonchev–Trinajstić information content (AvgIpc) is 1.99. The molecule has 0 aromatic rings. The highest BCUT2D eigenvalue weighted by molar-refractivity contribution is 7.81. The highest BCUT2D eigenvalue weighted by Crippen LogP contribution is 2.40. The van der Waals surface area contributed by atoms with Crippen LogP contribution in [0, 0.1) is 17.3 Å². The van der Waals surface area contributed by atoms with E-state index in [1.165, 1.54) is 12.8 Å². The van der Waals surface area contributed by atoms with E-state index in [2.05, 4.69) is 48.5 Å². The highest BCUT2D eigenvalue weighted by Gasteiger charge is 2.34. The van der Waals surface area contributed by atoms with Crippen molar-refractivity contribution in [1.29, 1.82) is 0 Å². The maximum absolute atomic E-state index is 4.87. The number of rotatable bonds is 4. The first kappa shape index (κ1) is 14.3. The Hall–Kier alpha value is 0.350. The molecule has 0 aliphatic carbocycles. The Morgan fingerprint density at radius 1 is 1.00 bits per heavy atom. The van der Waals surface area contributed by atoms with Crippen LogP contribution in [0.4, 0.5) is 0 Å². The Balaban J connectivity index is 4.43. The molecule has 86 valence electrons. The van der Waals surface area contributed by atoms with Crippen LogP contribution in [0.3, 0.4) is 0 Å². The molecule has 0 aromatic heterocycles. The molecule has 0 N–H and O–H groups in total. The third-order valence-electron chi connectivity index (χ3n) is 3.53. The predicted molar refractivity (Wildman–Crippen MR) is 70.1 cm³/mol. The molecular formula is C13H28S. The van der Waals surface area contributed by atoms with Crippen LogP contribution in [0.1, 0.15) is 61.3 Å². The summed E-state index contributed by atoms with van der Waals surface area (Å²) < 4.78 is 0.169. The zero-order chi connectivity index (χ0) is 11.6. The molecule has 14 heavy (non-hydrogen) atoms. The van der Waals surface area contributed by atoms with Gasteiger partial charge in [-0.15, -0.1) is 0 Å². The van der Waals surface area contributed by atoms with Crippen molar-refractivity contribution in [3.05, 3.63) is 0 Å². The van der Waals surface area contributed by atoms with E-state index in [4.69, 9.17) is 12.6 Å². The maximum atomic E-state index is 4.87. The monoisotopic (exact) mass is 216 g/mol. The second kappa shape index (κ2) is 4.92. The van der Waals surface area contributed by atoms with E-state index in [0.29, 0.717) is 17.3 Å². The van der Waals surface area contributed by atoms with Gasteiger partial charge in [0.1, 0.15) is 0 Å². The Labute approximate surface area is 96.3 Å². The second-order valence-electron chi connectivity index (χ2n) is 6.20. The van der Waals surface area contributed by atoms with E-state index in [-0.39, 0.29) is 4.75 Å². The summed E-state index contributed by atoms with van der Waals surface area (Å²) in [5.74, 6) is 1.35. The van der Waals surface area contributed by atoms with Crippen molar-refractivity contribution in [3.8, 4) is 0 Å². The van der Waals surface area contributed by atoms with Crippen LogP contribution in [-0.4, -0.2) is 4.75 Å². The van der Waals surface area contributed by atoms with Gasteiger partial charge in [-0.2, -0.15) is 12.6 Å². The van der Waals surface area contributed by atoms with E-state index < -0.39 is 0 Å². The van der Waals surface area contributed by atoms with Gasteiger partial charge >= 0.3 is 0 Å². The van der Waals surface area contributed by atoms with Crippen molar-refractivity contribution in [1.82, 2.24) is 0 Å². The molecule has 0 rings (SSSR count). The standard InChI is InChI=1S/C13H28S/c1-8-10(2)13(7,14)11(3)9-12(4,5)6/h10-11,14H,8-9H2,1-7H3.